The van der Waals surface area contributed by atoms with Crippen LogP contribution in [0.3, 0.4) is 0 Å². The van der Waals surface area contributed by atoms with Gasteiger partial charge in [-0.05, 0) is 43.4 Å². The van der Waals surface area contributed by atoms with Crippen molar-refractivity contribution in [3.8, 4) is 5.88 Å². The van der Waals surface area contributed by atoms with Crippen LogP contribution >= 0.6 is 0 Å². The van der Waals surface area contributed by atoms with Gasteiger partial charge in [-0.3, -0.25) is 9.59 Å². The highest BCUT2D eigenvalue weighted by atomic mass is 16.4. The second kappa shape index (κ2) is 9.94. The number of amides is 1. The first-order chi connectivity index (χ1) is 15.2. The third-order valence-electron chi connectivity index (χ3n) is 5.35. The quantitative estimate of drug-likeness (QED) is 0.313. The van der Waals surface area contributed by atoms with Gasteiger partial charge in [-0.15, -0.1) is 0 Å². The number of nitrogens with zero attached hydrogens (tertiary/aromatic N) is 2. The van der Waals surface area contributed by atoms with Crippen LogP contribution in [0.25, 0.3) is 0 Å². The van der Waals surface area contributed by atoms with Crippen molar-refractivity contribution in [3.05, 3.63) is 41.0 Å². The minimum absolute atomic E-state index is 0.0232. The topological polar surface area (TPSA) is 188 Å². The van der Waals surface area contributed by atoms with Gasteiger partial charge in [0, 0.05) is 24.4 Å². The minimum Gasteiger partial charge on any atom is -0.493 e. The number of aromatic nitrogens is 2. The number of anilines is 2. The van der Waals surface area contributed by atoms with Crippen LogP contribution in [0.1, 0.15) is 53.1 Å². The van der Waals surface area contributed by atoms with Gasteiger partial charge >= 0.3 is 11.9 Å². The summed E-state index contributed by atoms with van der Waals surface area (Å²) in [5.41, 5.74) is 7.54. The highest BCUT2D eigenvalue weighted by molar-refractivity contribution is 5.96. The van der Waals surface area contributed by atoms with E-state index in [1.165, 1.54) is 0 Å². The number of aliphatic carboxylic acids is 2. The molecule has 3 rings (SSSR count). The van der Waals surface area contributed by atoms with Crippen molar-refractivity contribution in [3.63, 3.8) is 0 Å². The summed E-state index contributed by atoms with van der Waals surface area (Å²) >= 11 is 0. The molecule has 1 aromatic carbocycles. The molecule has 2 atom stereocenters. The number of fused-ring (bicyclic) bond motifs is 1. The number of hydrogen-bond acceptors (Lipinski definition) is 8. The smallest absolute Gasteiger partial charge is 0.326 e. The number of carboxylic acid groups (broad SMARTS) is 2. The summed E-state index contributed by atoms with van der Waals surface area (Å²) in [5, 5.41) is 33.4. The van der Waals surface area contributed by atoms with Crippen LogP contribution in [0.5, 0.6) is 5.88 Å². The van der Waals surface area contributed by atoms with Gasteiger partial charge in [0.05, 0.1) is 5.56 Å². The Bertz CT molecular complexity index is 1010. The molecule has 0 spiro atoms. The number of nitrogens with two attached hydrogens (primary N) is 1. The molecule has 11 heteroatoms. The van der Waals surface area contributed by atoms with Crippen LogP contribution in [-0.4, -0.2) is 55.7 Å². The van der Waals surface area contributed by atoms with Crippen LogP contribution in [0.15, 0.2) is 24.3 Å². The van der Waals surface area contributed by atoms with Gasteiger partial charge in [0.2, 0.25) is 11.8 Å². The highest BCUT2D eigenvalue weighted by Crippen LogP contribution is 2.38. The third-order valence-corrected chi connectivity index (χ3v) is 5.35. The third kappa shape index (κ3) is 5.62. The molecule has 1 aromatic heterocycles. The zero-order valence-electron chi connectivity index (χ0n) is 17.2. The van der Waals surface area contributed by atoms with Gasteiger partial charge in [-0.1, -0.05) is 12.1 Å². The molecule has 11 nitrogen and oxygen atoms in total. The van der Waals surface area contributed by atoms with E-state index >= 15 is 0 Å². The second-order valence-corrected chi connectivity index (χ2v) is 7.63. The monoisotopic (exact) mass is 443 g/mol. The molecule has 0 aliphatic carbocycles. The first-order valence-electron chi connectivity index (χ1n) is 10.2. The minimum atomic E-state index is -1.28. The van der Waals surface area contributed by atoms with E-state index in [2.05, 4.69) is 20.6 Å². The number of hydrogen-bond donors (Lipinski definition) is 6. The number of carboxylic acids is 2. The molecule has 1 aliphatic heterocycles. The lowest BCUT2D eigenvalue weighted by Gasteiger charge is -2.14. The first kappa shape index (κ1) is 22.8. The molecule has 1 unspecified atom stereocenters. The lowest BCUT2D eigenvalue weighted by atomic mass is 9.95. The predicted molar refractivity (Wildman–Crippen MR) is 114 cm³/mol. The fourth-order valence-electron chi connectivity index (χ4n) is 3.70. The molecule has 0 fully saturated rings. The van der Waals surface area contributed by atoms with E-state index in [-0.39, 0.29) is 30.6 Å². The van der Waals surface area contributed by atoms with Crippen LogP contribution in [-0.2, 0) is 16.0 Å². The number of benzene rings is 1. The lowest BCUT2D eigenvalue weighted by molar-refractivity contribution is -0.140. The van der Waals surface area contributed by atoms with Gasteiger partial charge < -0.3 is 31.7 Å². The molecule has 1 aliphatic rings. The number of nitrogens with one attached hydrogen (secondary N) is 2. The van der Waals surface area contributed by atoms with Crippen molar-refractivity contribution < 1.29 is 29.7 Å². The second-order valence-electron chi connectivity index (χ2n) is 7.63. The van der Waals surface area contributed by atoms with E-state index in [1.54, 1.807) is 24.3 Å². The van der Waals surface area contributed by atoms with E-state index in [0.29, 0.717) is 23.5 Å². The van der Waals surface area contributed by atoms with Crippen molar-refractivity contribution in [2.45, 2.75) is 44.1 Å². The maximum absolute atomic E-state index is 12.3. The van der Waals surface area contributed by atoms with Gasteiger partial charge in [-0.25, -0.2) is 4.79 Å². The lowest BCUT2D eigenvalue weighted by Crippen LogP contribution is -2.41. The van der Waals surface area contributed by atoms with Gasteiger partial charge in [0.15, 0.2) is 0 Å². The summed E-state index contributed by atoms with van der Waals surface area (Å²) in [6, 6.07) is 5.54. The fraction of sp³-hybridized carbons (Fsp3) is 0.381. The molecular weight excluding hydrogens is 418 g/mol. The Morgan fingerprint density at radius 1 is 1.19 bits per heavy atom. The van der Waals surface area contributed by atoms with Crippen molar-refractivity contribution in [2.75, 3.05) is 17.6 Å². The Hall–Kier alpha value is -3.89. The molecule has 2 heterocycles. The summed E-state index contributed by atoms with van der Waals surface area (Å²) < 4.78 is 0. The zero-order valence-corrected chi connectivity index (χ0v) is 17.2. The fourth-order valence-corrected chi connectivity index (χ4v) is 3.70. The zero-order chi connectivity index (χ0) is 23.3. The van der Waals surface area contributed by atoms with E-state index in [0.717, 1.165) is 24.8 Å². The van der Waals surface area contributed by atoms with Crippen molar-refractivity contribution in [2.24, 2.45) is 0 Å². The average molecular weight is 443 g/mol. The maximum atomic E-state index is 12.3. The van der Waals surface area contributed by atoms with E-state index in [1.807, 2.05) is 0 Å². The van der Waals surface area contributed by atoms with E-state index in [4.69, 9.17) is 15.9 Å². The molecule has 7 N–H and O–H groups in total. The summed E-state index contributed by atoms with van der Waals surface area (Å²) in [4.78, 5) is 42.1. The average Bonchev–Trinajstić information content (AvgIpc) is 3.14. The summed E-state index contributed by atoms with van der Waals surface area (Å²) in [7, 11) is 0. The highest BCUT2D eigenvalue weighted by Gasteiger charge is 2.28. The molecule has 0 saturated heterocycles. The summed E-state index contributed by atoms with van der Waals surface area (Å²) in [6.45, 7) is 0.646. The van der Waals surface area contributed by atoms with Gasteiger partial charge in [0.1, 0.15) is 11.9 Å². The molecule has 0 radical (unpaired) electrons. The molecule has 32 heavy (non-hydrogen) atoms. The number of carbonyl (C=O) groups excluding carboxylic acids is 1. The molecule has 0 bridgehead atoms. The van der Waals surface area contributed by atoms with E-state index < -0.39 is 23.9 Å². The first-order valence-corrected chi connectivity index (χ1v) is 10.2. The number of carbonyl (C=O) groups is 3. The van der Waals surface area contributed by atoms with Crippen LogP contribution in [0.4, 0.5) is 11.8 Å². The predicted octanol–water partition coefficient (Wildman–Crippen LogP) is 1.34. The summed E-state index contributed by atoms with van der Waals surface area (Å²) in [5.74, 6) is -2.40. The Balaban J connectivity index is 1.52. The summed E-state index contributed by atoms with van der Waals surface area (Å²) in [6.07, 6.45) is 1.83. The molecule has 2 aromatic rings. The van der Waals surface area contributed by atoms with Crippen LogP contribution in [0, 0.1) is 0 Å². The van der Waals surface area contributed by atoms with E-state index in [9.17, 15) is 19.5 Å². The number of aryl methyl sites for hydroxylation is 1. The van der Waals surface area contributed by atoms with Crippen molar-refractivity contribution in [1.29, 1.82) is 0 Å². The number of nitrogen functional groups attached to an aromatic ring is 1. The van der Waals surface area contributed by atoms with Gasteiger partial charge in [0.25, 0.3) is 5.91 Å². The van der Waals surface area contributed by atoms with Gasteiger partial charge in [-0.2, -0.15) is 9.97 Å². The molecule has 0 saturated carbocycles. The standard InChI is InChI=1S/C21H25N5O6/c22-21-25-17-16(19(30)26-21)13(10-23-17)3-1-2-11-4-6-12(7-5-11)18(29)24-14(20(31)32)8-9-15(27)28/h4-7,13-14H,1-3,8-10H2,(H,24,29)(H,27,28)(H,31,32)(H4,22,23,25,26,30)/t13?,14-/m0/s1. The van der Waals surface area contributed by atoms with Crippen molar-refractivity contribution >= 4 is 29.6 Å². The van der Waals surface area contributed by atoms with Crippen molar-refractivity contribution in [1.82, 2.24) is 15.3 Å². The Morgan fingerprint density at radius 3 is 2.56 bits per heavy atom. The number of aromatic hydroxyl groups is 1. The normalized spacial score (nSPS) is 15.4. The SMILES string of the molecule is Nc1nc(O)c2c(n1)NCC2CCCc1ccc(C(=O)N[C@@H](CCC(=O)O)C(=O)O)cc1. The number of rotatable bonds is 10. The Labute approximate surface area is 183 Å². The Kier molecular flexibility index (Phi) is 7.08. The largest absolute Gasteiger partial charge is 0.493 e. The molecule has 170 valence electrons. The van der Waals surface area contributed by atoms with Crippen LogP contribution < -0.4 is 16.4 Å². The molecule has 1 amide bonds. The van der Waals surface area contributed by atoms with Crippen LogP contribution in [0.2, 0.25) is 0 Å². The maximum Gasteiger partial charge on any atom is 0.326 e. The molecular formula is C21H25N5O6. The Morgan fingerprint density at radius 2 is 1.91 bits per heavy atom.